The van der Waals surface area contributed by atoms with E-state index in [2.05, 4.69) is 20.3 Å². The monoisotopic (exact) mass is 504 g/mol. The number of aromatic nitrogens is 3. The van der Waals surface area contributed by atoms with E-state index >= 15 is 0 Å². The van der Waals surface area contributed by atoms with Crippen LogP contribution in [0.5, 0.6) is 0 Å². The number of nitrogens with zero attached hydrogens (tertiary/aromatic N) is 4. The number of thioether (sulfide) groups is 3. The zero-order valence-corrected chi connectivity index (χ0v) is 19.9. The molecule has 1 fully saturated rings. The molecule has 10 nitrogen and oxygen atoms in total. The lowest BCUT2D eigenvalue weighted by molar-refractivity contribution is -0.150. The molecule has 3 heterocycles. The number of carboxylic acids is 1. The molecule has 0 unspecified atom stereocenters. The predicted molar refractivity (Wildman–Crippen MR) is 127 cm³/mol. The second-order valence-electron chi connectivity index (χ2n) is 7.13. The number of nitrogen functional groups attached to an aromatic ring is 1. The van der Waals surface area contributed by atoms with Gasteiger partial charge in [0.05, 0.1) is 6.42 Å². The van der Waals surface area contributed by atoms with Gasteiger partial charge in [0.25, 0.3) is 5.91 Å². The average Bonchev–Trinajstić information content (AvgIpc) is 2.80. The van der Waals surface area contributed by atoms with E-state index in [1.54, 1.807) is 0 Å². The van der Waals surface area contributed by atoms with Crippen LogP contribution in [0.15, 0.2) is 51.9 Å². The molecule has 1 aromatic carbocycles. The van der Waals surface area contributed by atoms with Crippen molar-refractivity contribution < 1.29 is 19.5 Å². The molecule has 2 aromatic rings. The molecule has 0 aliphatic carbocycles. The van der Waals surface area contributed by atoms with Crippen LogP contribution in [0.1, 0.15) is 5.56 Å². The first kappa shape index (κ1) is 23.4. The number of hydrogen-bond acceptors (Lipinski definition) is 10. The Labute approximate surface area is 202 Å². The van der Waals surface area contributed by atoms with Gasteiger partial charge in [-0.3, -0.25) is 14.5 Å². The summed E-state index contributed by atoms with van der Waals surface area (Å²) in [6.45, 7) is 0. The van der Waals surface area contributed by atoms with E-state index in [1.165, 1.54) is 40.2 Å². The molecule has 1 saturated heterocycles. The van der Waals surface area contributed by atoms with Gasteiger partial charge in [-0.25, -0.2) is 4.79 Å². The van der Waals surface area contributed by atoms with Gasteiger partial charge in [-0.2, -0.15) is 15.0 Å². The van der Waals surface area contributed by atoms with Crippen molar-refractivity contribution >= 4 is 59.0 Å². The minimum absolute atomic E-state index is 0.0445. The second kappa shape index (κ2) is 10.0. The molecule has 0 radical (unpaired) electrons. The third kappa shape index (κ3) is 5.09. The van der Waals surface area contributed by atoms with E-state index in [9.17, 15) is 19.5 Å². The maximum Gasteiger partial charge on any atom is 0.352 e. The highest BCUT2D eigenvalue weighted by atomic mass is 32.2. The van der Waals surface area contributed by atoms with E-state index < -0.39 is 23.3 Å². The van der Waals surface area contributed by atoms with Crippen molar-refractivity contribution in [1.82, 2.24) is 25.2 Å². The average molecular weight is 505 g/mol. The first-order chi connectivity index (χ1) is 15.9. The smallest absolute Gasteiger partial charge is 0.352 e. The van der Waals surface area contributed by atoms with E-state index in [0.29, 0.717) is 21.6 Å². The molecule has 1 aromatic heterocycles. The summed E-state index contributed by atoms with van der Waals surface area (Å²) in [5.74, 6) is -1.10. The van der Waals surface area contributed by atoms with E-state index in [4.69, 9.17) is 5.73 Å². The number of carbonyl (C=O) groups excluding carboxylic acids is 2. The molecule has 0 saturated carbocycles. The van der Waals surface area contributed by atoms with Crippen LogP contribution < -0.4 is 11.1 Å². The van der Waals surface area contributed by atoms with Gasteiger partial charge in [0, 0.05) is 11.5 Å². The van der Waals surface area contributed by atoms with Crippen LogP contribution in [0.25, 0.3) is 0 Å². The summed E-state index contributed by atoms with van der Waals surface area (Å²) in [4.78, 5) is 50.8. The van der Waals surface area contributed by atoms with Crippen molar-refractivity contribution in [1.29, 1.82) is 0 Å². The van der Waals surface area contributed by atoms with Crippen molar-refractivity contribution in [2.45, 2.75) is 28.1 Å². The van der Waals surface area contributed by atoms with Crippen molar-refractivity contribution in [3.63, 3.8) is 0 Å². The van der Waals surface area contributed by atoms with Crippen LogP contribution in [-0.2, 0) is 20.8 Å². The SMILES string of the molecule is CSc1nc(N)nc(SCC2=C(C(=O)O)N3C(=O)[C@@H](NC(=O)Cc4ccccc4)[C@@H]3SC2)n1. The second-order valence-corrected chi connectivity index (χ2v) is 9.95. The fraction of sp³-hybridized carbons (Fsp3) is 0.300. The van der Waals surface area contributed by atoms with Crippen molar-refractivity contribution in [2.75, 3.05) is 23.5 Å². The standard InChI is InChI=1S/C20H20N6O4S3/c1-31-19-23-18(21)24-20(25-19)33-9-11-8-32-16-13(15(28)26(16)14(11)17(29)30)22-12(27)7-10-5-3-2-4-6-10/h2-6,13,16H,7-9H2,1H3,(H,22,27)(H,29,30)(H2,21,23,24,25)/t13-,16+/m1/s1. The lowest BCUT2D eigenvalue weighted by Gasteiger charge is -2.49. The molecule has 2 aliphatic heterocycles. The summed E-state index contributed by atoms with van der Waals surface area (Å²) in [5, 5.41) is 13.0. The summed E-state index contributed by atoms with van der Waals surface area (Å²) >= 11 is 3.98. The van der Waals surface area contributed by atoms with Gasteiger partial charge in [0.15, 0.2) is 10.3 Å². The van der Waals surface area contributed by atoms with E-state index in [1.807, 2.05) is 36.6 Å². The van der Waals surface area contributed by atoms with Gasteiger partial charge >= 0.3 is 5.97 Å². The molecule has 4 N–H and O–H groups in total. The molecule has 4 rings (SSSR count). The molecular weight excluding hydrogens is 484 g/mol. The maximum absolute atomic E-state index is 12.8. The zero-order valence-electron chi connectivity index (χ0n) is 17.4. The minimum atomic E-state index is -1.18. The first-order valence-electron chi connectivity index (χ1n) is 9.79. The molecular formula is C20H20N6O4S3. The molecule has 172 valence electrons. The number of aliphatic carboxylic acids is 1. The molecule has 13 heteroatoms. The Balaban J connectivity index is 1.44. The Morgan fingerprint density at radius 1 is 1.24 bits per heavy atom. The van der Waals surface area contributed by atoms with Crippen LogP contribution >= 0.6 is 35.3 Å². The maximum atomic E-state index is 12.8. The molecule has 2 amide bonds. The molecule has 2 aliphatic rings. The van der Waals surface area contributed by atoms with Crippen LogP contribution in [0.2, 0.25) is 0 Å². The normalized spacial score (nSPS) is 19.7. The minimum Gasteiger partial charge on any atom is -0.477 e. The largest absolute Gasteiger partial charge is 0.477 e. The van der Waals surface area contributed by atoms with Crippen molar-refractivity contribution in [3.05, 3.63) is 47.2 Å². The van der Waals surface area contributed by atoms with Gasteiger partial charge in [0.1, 0.15) is 17.1 Å². The number of nitrogens with two attached hydrogens (primary N) is 1. The zero-order chi connectivity index (χ0) is 23.5. The number of carbonyl (C=O) groups is 3. The number of amides is 2. The number of hydrogen-bond donors (Lipinski definition) is 3. The van der Waals surface area contributed by atoms with Crippen LogP contribution in [0.3, 0.4) is 0 Å². The van der Waals surface area contributed by atoms with Crippen LogP contribution in [0.4, 0.5) is 5.95 Å². The number of benzene rings is 1. The number of carboxylic acid groups (broad SMARTS) is 1. The van der Waals surface area contributed by atoms with Crippen LogP contribution in [-0.4, -0.2) is 71.9 Å². The van der Waals surface area contributed by atoms with Crippen molar-refractivity contribution in [2.24, 2.45) is 0 Å². The summed E-state index contributed by atoms with van der Waals surface area (Å²) in [6, 6.07) is 8.46. The van der Waals surface area contributed by atoms with Gasteiger partial charge in [0.2, 0.25) is 11.9 Å². The topological polar surface area (TPSA) is 151 Å². The van der Waals surface area contributed by atoms with Gasteiger partial charge in [-0.1, -0.05) is 53.9 Å². The van der Waals surface area contributed by atoms with E-state index in [-0.39, 0.29) is 29.7 Å². The lowest BCUT2D eigenvalue weighted by Crippen LogP contribution is -2.70. The summed E-state index contributed by atoms with van der Waals surface area (Å²) in [5.41, 5.74) is 7.08. The first-order valence-corrected chi connectivity index (χ1v) is 13.0. The highest BCUT2D eigenvalue weighted by Gasteiger charge is 2.54. The molecule has 2 atom stereocenters. The molecule has 33 heavy (non-hydrogen) atoms. The lowest BCUT2D eigenvalue weighted by atomic mass is 10.0. The Bertz CT molecular complexity index is 1130. The summed E-state index contributed by atoms with van der Waals surface area (Å²) < 4.78 is 0. The van der Waals surface area contributed by atoms with Gasteiger partial charge in [-0.15, -0.1) is 11.8 Å². The van der Waals surface area contributed by atoms with Gasteiger partial charge < -0.3 is 16.2 Å². The predicted octanol–water partition coefficient (Wildman–Crippen LogP) is 1.25. The molecule has 0 bridgehead atoms. The Kier molecular flexibility index (Phi) is 7.10. The van der Waals surface area contributed by atoms with Gasteiger partial charge in [-0.05, 0) is 17.4 Å². The third-order valence-corrected chi connectivity index (χ3v) is 7.76. The number of anilines is 1. The summed E-state index contributed by atoms with van der Waals surface area (Å²) in [7, 11) is 0. The quantitative estimate of drug-likeness (QED) is 0.352. The van der Waals surface area contributed by atoms with E-state index in [0.717, 1.165) is 5.56 Å². The Morgan fingerprint density at radius 2 is 1.97 bits per heavy atom. The number of fused-ring (bicyclic) bond motifs is 1. The van der Waals surface area contributed by atoms with Crippen molar-refractivity contribution in [3.8, 4) is 0 Å². The highest BCUT2D eigenvalue weighted by Crippen LogP contribution is 2.41. The Hall–Kier alpha value is -2.77. The third-order valence-electron chi connectivity index (χ3n) is 4.94. The summed E-state index contributed by atoms with van der Waals surface area (Å²) in [6.07, 6.45) is 1.97. The fourth-order valence-corrected chi connectivity index (χ4v) is 6.21. The van der Waals surface area contributed by atoms with Crippen LogP contribution in [0, 0.1) is 0 Å². The fourth-order valence-electron chi connectivity index (χ4n) is 3.46. The number of nitrogens with one attached hydrogen (secondary N) is 1. The molecule has 0 spiro atoms. The Morgan fingerprint density at radius 3 is 2.67 bits per heavy atom. The highest BCUT2D eigenvalue weighted by molar-refractivity contribution is 8.01. The number of rotatable bonds is 8. The number of β-lactam (4-membered cyclic amide) rings is 1.